The van der Waals surface area contributed by atoms with Gasteiger partial charge in [-0.3, -0.25) is 10.1 Å². The van der Waals surface area contributed by atoms with Crippen molar-refractivity contribution in [1.29, 1.82) is 0 Å². The van der Waals surface area contributed by atoms with Crippen LogP contribution in [0.5, 0.6) is 5.75 Å². The minimum absolute atomic E-state index is 0.0146. The molecule has 4 rings (SSSR count). The summed E-state index contributed by atoms with van der Waals surface area (Å²) in [4.78, 5) is 22.4. The van der Waals surface area contributed by atoms with Crippen LogP contribution in [0, 0.1) is 0 Å². The molecule has 1 N–H and O–H groups in total. The molecule has 2 aromatic heterocycles. The fraction of sp³-hybridized carbons (Fsp3) is 0.0952. The molecule has 1 amide bonds. The highest BCUT2D eigenvalue weighted by atomic mass is 32.1. The lowest BCUT2D eigenvalue weighted by atomic mass is 10.1. The van der Waals surface area contributed by atoms with E-state index < -0.39 is 12.5 Å². The molecular formula is C21H16F2N4O2S. The standard InChI is InChI=1S/C21H16F2N4O2S/c1-27-12-11-24-18(27)17-16(13-5-3-2-4-6-13)25-21(30-17)26-19(28)14-7-9-15(10-8-14)29-20(22)23/h2-12,20H,1H3,(H,25,26,28). The van der Waals surface area contributed by atoms with E-state index in [1.54, 1.807) is 6.20 Å². The molecule has 4 aromatic rings. The zero-order valence-corrected chi connectivity index (χ0v) is 16.6. The number of amides is 1. The third kappa shape index (κ3) is 4.20. The van der Waals surface area contributed by atoms with Crippen molar-refractivity contribution in [1.82, 2.24) is 14.5 Å². The second-order valence-corrected chi connectivity index (χ2v) is 7.28. The summed E-state index contributed by atoms with van der Waals surface area (Å²) < 4.78 is 30.7. The summed E-state index contributed by atoms with van der Waals surface area (Å²) in [5.74, 6) is 0.318. The molecule has 0 saturated carbocycles. The molecule has 30 heavy (non-hydrogen) atoms. The van der Waals surface area contributed by atoms with Crippen molar-refractivity contribution >= 4 is 22.4 Å². The van der Waals surface area contributed by atoms with Crippen molar-refractivity contribution in [3.8, 4) is 27.7 Å². The summed E-state index contributed by atoms with van der Waals surface area (Å²) in [6.07, 6.45) is 3.54. The molecule has 2 aromatic carbocycles. The van der Waals surface area contributed by atoms with Crippen molar-refractivity contribution < 1.29 is 18.3 Å². The number of anilines is 1. The summed E-state index contributed by atoms with van der Waals surface area (Å²) in [7, 11) is 1.89. The number of carbonyl (C=O) groups excluding carboxylic acids is 1. The number of ether oxygens (including phenoxy) is 1. The Hall–Kier alpha value is -3.59. The van der Waals surface area contributed by atoms with Gasteiger partial charge < -0.3 is 9.30 Å². The summed E-state index contributed by atoms with van der Waals surface area (Å²) in [6.45, 7) is -2.92. The molecule has 0 aliphatic rings. The lowest BCUT2D eigenvalue weighted by Crippen LogP contribution is -2.11. The highest BCUT2D eigenvalue weighted by Crippen LogP contribution is 2.38. The van der Waals surface area contributed by atoms with Gasteiger partial charge in [-0.05, 0) is 24.3 Å². The average molecular weight is 426 g/mol. The van der Waals surface area contributed by atoms with Crippen LogP contribution in [0.3, 0.4) is 0 Å². The number of aromatic nitrogens is 3. The number of carbonyl (C=O) groups is 1. The van der Waals surface area contributed by atoms with Crippen LogP contribution in [-0.4, -0.2) is 27.1 Å². The Morgan fingerprint density at radius 1 is 1.13 bits per heavy atom. The van der Waals surface area contributed by atoms with Crippen molar-refractivity contribution in [3.05, 3.63) is 72.6 Å². The predicted molar refractivity (Wildman–Crippen MR) is 111 cm³/mol. The number of benzene rings is 2. The van der Waals surface area contributed by atoms with Crippen LogP contribution in [0.15, 0.2) is 67.0 Å². The molecule has 0 atom stereocenters. The van der Waals surface area contributed by atoms with Crippen LogP contribution < -0.4 is 10.1 Å². The minimum Gasteiger partial charge on any atom is -0.435 e. The maximum atomic E-state index is 12.6. The second kappa shape index (κ2) is 8.42. The third-order valence-corrected chi connectivity index (χ3v) is 5.23. The van der Waals surface area contributed by atoms with E-state index >= 15 is 0 Å². The number of hydrogen-bond acceptors (Lipinski definition) is 5. The lowest BCUT2D eigenvalue weighted by Gasteiger charge is -2.05. The number of nitrogens with one attached hydrogen (secondary N) is 1. The van der Waals surface area contributed by atoms with E-state index in [1.807, 2.05) is 48.1 Å². The van der Waals surface area contributed by atoms with Crippen LogP contribution in [0.2, 0.25) is 0 Å². The molecule has 2 heterocycles. The van der Waals surface area contributed by atoms with Crippen LogP contribution in [0.4, 0.5) is 13.9 Å². The summed E-state index contributed by atoms with van der Waals surface area (Å²) in [5.41, 5.74) is 1.92. The Bertz CT molecular complexity index is 1160. The van der Waals surface area contributed by atoms with Gasteiger partial charge >= 0.3 is 6.61 Å². The second-order valence-electron chi connectivity index (χ2n) is 6.28. The molecule has 9 heteroatoms. The molecule has 0 fully saturated rings. The van der Waals surface area contributed by atoms with Crippen molar-refractivity contribution in [2.24, 2.45) is 7.05 Å². The number of nitrogens with zero attached hydrogens (tertiary/aromatic N) is 3. The summed E-state index contributed by atoms with van der Waals surface area (Å²) in [5, 5.41) is 3.18. The Morgan fingerprint density at radius 2 is 1.87 bits per heavy atom. The largest absolute Gasteiger partial charge is 0.435 e. The zero-order valence-electron chi connectivity index (χ0n) is 15.8. The van der Waals surface area contributed by atoms with Gasteiger partial charge in [-0.15, -0.1) is 0 Å². The number of aryl methyl sites for hydroxylation is 1. The Morgan fingerprint density at radius 3 is 2.50 bits per heavy atom. The monoisotopic (exact) mass is 426 g/mol. The fourth-order valence-corrected chi connectivity index (χ4v) is 3.88. The maximum absolute atomic E-state index is 12.6. The van der Waals surface area contributed by atoms with Gasteiger partial charge in [0.25, 0.3) is 5.91 Å². The van der Waals surface area contributed by atoms with Gasteiger partial charge in [-0.1, -0.05) is 41.7 Å². The van der Waals surface area contributed by atoms with E-state index in [4.69, 9.17) is 0 Å². The number of rotatable bonds is 6. The third-order valence-electron chi connectivity index (χ3n) is 4.26. The molecule has 152 valence electrons. The first kappa shape index (κ1) is 19.7. The Balaban J connectivity index is 1.62. The first-order valence-electron chi connectivity index (χ1n) is 8.91. The molecule has 0 unspecified atom stereocenters. The molecule has 0 spiro atoms. The van der Waals surface area contributed by atoms with Gasteiger partial charge in [0.1, 0.15) is 5.75 Å². The van der Waals surface area contributed by atoms with Gasteiger partial charge in [-0.2, -0.15) is 8.78 Å². The molecule has 0 radical (unpaired) electrons. The number of imidazole rings is 1. The van der Waals surface area contributed by atoms with Crippen LogP contribution in [-0.2, 0) is 7.05 Å². The minimum atomic E-state index is -2.92. The highest BCUT2D eigenvalue weighted by molar-refractivity contribution is 7.19. The molecule has 0 aliphatic carbocycles. The van der Waals surface area contributed by atoms with E-state index in [0.717, 1.165) is 16.3 Å². The molecule has 0 bridgehead atoms. The topological polar surface area (TPSA) is 69.0 Å². The van der Waals surface area contributed by atoms with Crippen LogP contribution in [0.25, 0.3) is 22.0 Å². The van der Waals surface area contributed by atoms with Crippen molar-refractivity contribution in [3.63, 3.8) is 0 Å². The highest BCUT2D eigenvalue weighted by Gasteiger charge is 2.19. The van der Waals surface area contributed by atoms with Gasteiger partial charge in [0, 0.05) is 30.6 Å². The molecular weight excluding hydrogens is 410 g/mol. The van der Waals surface area contributed by atoms with E-state index in [0.29, 0.717) is 16.4 Å². The van der Waals surface area contributed by atoms with Crippen LogP contribution >= 0.6 is 11.3 Å². The molecule has 0 aliphatic heterocycles. The lowest BCUT2D eigenvalue weighted by molar-refractivity contribution is -0.0498. The van der Waals surface area contributed by atoms with E-state index in [9.17, 15) is 13.6 Å². The summed E-state index contributed by atoms with van der Waals surface area (Å²) in [6, 6.07) is 15.1. The normalized spacial score (nSPS) is 10.9. The van der Waals surface area contributed by atoms with Crippen LogP contribution in [0.1, 0.15) is 10.4 Å². The van der Waals surface area contributed by atoms with Gasteiger partial charge in [0.2, 0.25) is 0 Å². The van der Waals surface area contributed by atoms with E-state index in [2.05, 4.69) is 20.0 Å². The van der Waals surface area contributed by atoms with Gasteiger partial charge in [0.05, 0.1) is 10.6 Å². The number of thiazole rings is 1. The van der Waals surface area contributed by atoms with E-state index in [1.165, 1.54) is 35.6 Å². The Kier molecular flexibility index (Phi) is 5.53. The van der Waals surface area contributed by atoms with Crippen molar-refractivity contribution in [2.75, 3.05) is 5.32 Å². The fourth-order valence-electron chi connectivity index (χ4n) is 2.86. The van der Waals surface area contributed by atoms with Crippen molar-refractivity contribution in [2.45, 2.75) is 6.61 Å². The van der Waals surface area contributed by atoms with Gasteiger partial charge in [0.15, 0.2) is 11.0 Å². The van der Waals surface area contributed by atoms with E-state index in [-0.39, 0.29) is 5.75 Å². The van der Waals surface area contributed by atoms with Gasteiger partial charge in [-0.25, -0.2) is 9.97 Å². The smallest absolute Gasteiger partial charge is 0.387 e. The maximum Gasteiger partial charge on any atom is 0.387 e. The number of hydrogen-bond donors (Lipinski definition) is 1. The Labute approximate surface area is 174 Å². The number of alkyl halides is 2. The number of halogens is 2. The zero-order chi connectivity index (χ0) is 21.1. The quantitative estimate of drug-likeness (QED) is 0.468. The summed E-state index contributed by atoms with van der Waals surface area (Å²) >= 11 is 1.31. The molecule has 0 saturated heterocycles. The predicted octanol–water partition coefficient (Wildman–Crippen LogP) is 5.06. The first-order chi connectivity index (χ1) is 14.5. The average Bonchev–Trinajstić information content (AvgIpc) is 3.34. The SMILES string of the molecule is Cn1ccnc1-c1sc(NC(=O)c2ccc(OC(F)F)cc2)nc1-c1ccccc1. The molecule has 6 nitrogen and oxygen atoms in total. The first-order valence-corrected chi connectivity index (χ1v) is 9.73.